The molecule has 1 heterocycles. The Labute approximate surface area is 107 Å². The third-order valence-corrected chi connectivity index (χ3v) is 3.97. The zero-order valence-electron chi connectivity index (χ0n) is 10.7. The Hall–Kier alpha value is -1.78. The molecule has 0 saturated heterocycles. The Bertz CT molecular complexity index is 449. The van der Waals surface area contributed by atoms with E-state index in [4.69, 9.17) is 11.5 Å². The highest BCUT2D eigenvalue weighted by atomic mass is 16.1. The summed E-state index contributed by atoms with van der Waals surface area (Å²) >= 11 is 0. The maximum Gasteiger partial charge on any atom is 0.267 e. The number of nitrogen functional groups attached to an aromatic ring is 1. The number of amides is 1. The zero-order valence-corrected chi connectivity index (χ0v) is 10.7. The standard InChI is InChI=1S/C13H20N4O/c1-2-13(6-3-7-13)8-16-12-9(14)4-5-10(17-12)11(15)18/h4-5H,2-3,6-8,14H2,1H3,(H2,15,18)(H,16,17). The molecule has 0 unspecified atom stereocenters. The van der Waals surface area contributed by atoms with Crippen LogP contribution in [0.1, 0.15) is 43.1 Å². The molecule has 1 aliphatic carbocycles. The number of rotatable bonds is 5. The van der Waals surface area contributed by atoms with Crippen LogP contribution >= 0.6 is 0 Å². The van der Waals surface area contributed by atoms with Crippen LogP contribution < -0.4 is 16.8 Å². The summed E-state index contributed by atoms with van der Waals surface area (Å²) in [5.74, 6) is 0.0259. The van der Waals surface area contributed by atoms with Gasteiger partial charge in [-0.3, -0.25) is 4.79 Å². The van der Waals surface area contributed by atoms with Gasteiger partial charge in [0, 0.05) is 6.54 Å². The fraction of sp³-hybridized carbons (Fsp3) is 0.538. The van der Waals surface area contributed by atoms with Gasteiger partial charge in [0.25, 0.3) is 5.91 Å². The highest BCUT2D eigenvalue weighted by molar-refractivity contribution is 5.91. The summed E-state index contributed by atoms with van der Waals surface area (Å²) in [6.45, 7) is 3.06. The van der Waals surface area contributed by atoms with Crippen molar-refractivity contribution in [2.75, 3.05) is 17.6 Å². The van der Waals surface area contributed by atoms with Crippen molar-refractivity contribution in [1.29, 1.82) is 0 Å². The van der Waals surface area contributed by atoms with E-state index in [1.165, 1.54) is 19.3 Å². The first-order valence-corrected chi connectivity index (χ1v) is 6.36. The first kappa shape index (κ1) is 12.7. The van der Waals surface area contributed by atoms with Gasteiger partial charge in [-0.1, -0.05) is 13.3 Å². The topological polar surface area (TPSA) is 94.0 Å². The fourth-order valence-electron chi connectivity index (χ4n) is 2.35. The van der Waals surface area contributed by atoms with Crippen LogP contribution in [0.2, 0.25) is 0 Å². The van der Waals surface area contributed by atoms with Crippen molar-refractivity contribution in [1.82, 2.24) is 4.98 Å². The number of aromatic nitrogens is 1. The largest absolute Gasteiger partial charge is 0.396 e. The third kappa shape index (κ3) is 2.39. The second kappa shape index (κ2) is 4.84. The summed E-state index contributed by atoms with van der Waals surface area (Å²) in [5, 5.41) is 3.26. The Morgan fingerprint density at radius 3 is 2.72 bits per heavy atom. The first-order valence-electron chi connectivity index (χ1n) is 6.36. The van der Waals surface area contributed by atoms with Gasteiger partial charge in [0.05, 0.1) is 5.69 Å². The summed E-state index contributed by atoms with van der Waals surface area (Å²) in [6, 6.07) is 3.20. The Balaban J connectivity index is 2.08. The molecular weight excluding hydrogens is 228 g/mol. The van der Waals surface area contributed by atoms with E-state index < -0.39 is 5.91 Å². The van der Waals surface area contributed by atoms with Gasteiger partial charge < -0.3 is 16.8 Å². The third-order valence-electron chi connectivity index (χ3n) is 3.97. The molecule has 1 fully saturated rings. The number of nitrogens with one attached hydrogen (secondary N) is 1. The highest BCUT2D eigenvalue weighted by Crippen LogP contribution is 2.43. The molecule has 0 aliphatic heterocycles. The first-order chi connectivity index (χ1) is 8.56. The molecule has 0 bridgehead atoms. The second-order valence-corrected chi connectivity index (χ2v) is 5.06. The molecule has 1 aliphatic rings. The van der Waals surface area contributed by atoms with Crippen LogP contribution in [-0.4, -0.2) is 17.4 Å². The minimum Gasteiger partial charge on any atom is -0.396 e. The summed E-state index contributed by atoms with van der Waals surface area (Å²) in [6.07, 6.45) is 4.92. The summed E-state index contributed by atoms with van der Waals surface area (Å²) < 4.78 is 0. The Morgan fingerprint density at radius 2 is 2.22 bits per heavy atom. The predicted octanol–water partition coefficient (Wildman–Crippen LogP) is 1.75. The van der Waals surface area contributed by atoms with Crippen LogP contribution in [0.15, 0.2) is 12.1 Å². The molecule has 5 nitrogen and oxygen atoms in total. The van der Waals surface area contributed by atoms with Crippen LogP contribution in [0.4, 0.5) is 11.5 Å². The zero-order chi connectivity index (χ0) is 13.2. The fourth-order valence-corrected chi connectivity index (χ4v) is 2.35. The molecule has 1 amide bonds. The molecule has 5 heteroatoms. The van der Waals surface area contributed by atoms with Gasteiger partial charge in [0.1, 0.15) is 11.5 Å². The van der Waals surface area contributed by atoms with E-state index in [2.05, 4.69) is 17.2 Å². The number of primary amides is 1. The summed E-state index contributed by atoms with van der Waals surface area (Å²) in [4.78, 5) is 15.2. The van der Waals surface area contributed by atoms with Gasteiger partial charge in [-0.2, -0.15) is 0 Å². The molecule has 1 aromatic heterocycles. The quantitative estimate of drug-likeness (QED) is 0.740. The van der Waals surface area contributed by atoms with Gasteiger partial charge in [0.15, 0.2) is 0 Å². The number of carbonyl (C=O) groups excluding carboxylic acids is 1. The summed E-state index contributed by atoms with van der Waals surface area (Å²) in [7, 11) is 0. The number of pyridine rings is 1. The Morgan fingerprint density at radius 1 is 1.50 bits per heavy atom. The normalized spacial score (nSPS) is 16.9. The second-order valence-electron chi connectivity index (χ2n) is 5.06. The predicted molar refractivity (Wildman–Crippen MR) is 72.2 cm³/mol. The lowest BCUT2D eigenvalue weighted by Gasteiger charge is -2.41. The number of hydrogen-bond donors (Lipinski definition) is 3. The van der Waals surface area contributed by atoms with E-state index in [0.29, 0.717) is 16.9 Å². The molecular formula is C13H20N4O. The van der Waals surface area contributed by atoms with E-state index in [0.717, 1.165) is 13.0 Å². The molecule has 1 aromatic rings. The molecule has 5 N–H and O–H groups in total. The maximum absolute atomic E-state index is 11.1. The van der Waals surface area contributed by atoms with Gasteiger partial charge in [-0.25, -0.2) is 4.98 Å². The van der Waals surface area contributed by atoms with E-state index in [1.54, 1.807) is 12.1 Å². The van der Waals surface area contributed by atoms with Crippen molar-refractivity contribution in [3.63, 3.8) is 0 Å². The van der Waals surface area contributed by atoms with Gasteiger partial charge >= 0.3 is 0 Å². The monoisotopic (exact) mass is 248 g/mol. The maximum atomic E-state index is 11.1. The lowest BCUT2D eigenvalue weighted by atomic mass is 9.67. The smallest absolute Gasteiger partial charge is 0.267 e. The van der Waals surface area contributed by atoms with E-state index in [9.17, 15) is 4.79 Å². The molecule has 0 aromatic carbocycles. The highest BCUT2D eigenvalue weighted by Gasteiger charge is 2.34. The number of carbonyl (C=O) groups is 1. The van der Waals surface area contributed by atoms with E-state index in [-0.39, 0.29) is 5.69 Å². The average Bonchev–Trinajstić information content (AvgIpc) is 2.30. The number of nitrogens with zero attached hydrogens (tertiary/aromatic N) is 1. The van der Waals surface area contributed by atoms with Gasteiger partial charge in [-0.05, 0) is 36.8 Å². The summed E-state index contributed by atoms with van der Waals surface area (Å²) in [5.41, 5.74) is 12.2. The average molecular weight is 248 g/mol. The van der Waals surface area contributed by atoms with Crippen molar-refractivity contribution in [2.45, 2.75) is 32.6 Å². The van der Waals surface area contributed by atoms with E-state index >= 15 is 0 Å². The molecule has 0 radical (unpaired) electrons. The van der Waals surface area contributed by atoms with E-state index in [1.807, 2.05) is 0 Å². The molecule has 0 atom stereocenters. The molecule has 0 spiro atoms. The van der Waals surface area contributed by atoms with Crippen LogP contribution in [-0.2, 0) is 0 Å². The van der Waals surface area contributed by atoms with Gasteiger partial charge in [0.2, 0.25) is 0 Å². The van der Waals surface area contributed by atoms with Gasteiger partial charge in [-0.15, -0.1) is 0 Å². The Kier molecular flexibility index (Phi) is 3.41. The minimum absolute atomic E-state index is 0.242. The van der Waals surface area contributed by atoms with Crippen molar-refractivity contribution in [3.8, 4) is 0 Å². The lowest BCUT2D eigenvalue weighted by Crippen LogP contribution is -2.36. The van der Waals surface area contributed by atoms with Crippen LogP contribution in [0.5, 0.6) is 0 Å². The van der Waals surface area contributed by atoms with Crippen LogP contribution in [0.3, 0.4) is 0 Å². The van der Waals surface area contributed by atoms with Crippen LogP contribution in [0.25, 0.3) is 0 Å². The van der Waals surface area contributed by atoms with Crippen molar-refractivity contribution < 1.29 is 4.79 Å². The molecule has 18 heavy (non-hydrogen) atoms. The SMILES string of the molecule is CCC1(CNc2nc(C(N)=O)ccc2N)CCC1. The number of hydrogen-bond acceptors (Lipinski definition) is 4. The molecule has 1 saturated carbocycles. The van der Waals surface area contributed by atoms with Crippen molar-refractivity contribution >= 4 is 17.4 Å². The van der Waals surface area contributed by atoms with Crippen molar-refractivity contribution in [2.24, 2.45) is 11.1 Å². The van der Waals surface area contributed by atoms with Crippen LogP contribution in [0, 0.1) is 5.41 Å². The van der Waals surface area contributed by atoms with Crippen molar-refractivity contribution in [3.05, 3.63) is 17.8 Å². The minimum atomic E-state index is -0.535. The molecule has 2 rings (SSSR count). The molecule has 98 valence electrons. The lowest BCUT2D eigenvalue weighted by molar-refractivity contribution is 0.0995. The number of nitrogens with two attached hydrogens (primary N) is 2. The number of anilines is 2.